The fraction of sp³-hybridized carbons (Fsp3) is 0.312. The van der Waals surface area contributed by atoms with E-state index in [1.807, 2.05) is 12.1 Å². The summed E-state index contributed by atoms with van der Waals surface area (Å²) in [5.74, 6) is 1.12. The average molecular weight is 300 g/mol. The number of hydrogen-bond acceptors (Lipinski definition) is 6. The Hall–Kier alpha value is -2.63. The first-order valence-electron chi connectivity index (χ1n) is 7.27. The molecular formula is C16H20N4O2. The van der Waals surface area contributed by atoms with E-state index < -0.39 is 0 Å². The summed E-state index contributed by atoms with van der Waals surface area (Å²) in [5.41, 5.74) is 1.38. The number of hydrogen-bond donors (Lipinski definition) is 2. The second-order valence-corrected chi connectivity index (χ2v) is 4.73. The first-order chi connectivity index (χ1) is 10.7. The van der Waals surface area contributed by atoms with E-state index in [1.54, 1.807) is 25.2 Å². The SMILES string of the molecule is CCCCOC(=O)c1ccc(Nc2cc(NC)ncn2)cc1. The number of nitrogens with zero attached hydrogens (tertiary/aromatic N) is 2. The van der Waals surface area contributed by atoms with Crippen molar-refractivity contribution >= 4 is 23.3 Å². The number of ether oxygens (including phenoxy) is 1. The Morgan fingerprint density at radius 3 is 2.59 bits per heavy atom. The lowest BCUT2D eigenvalue weighted by atomic mass is 10.2. The summed E-state index contributed by atoms with van der Waals surface area (Å²) in [6.07, 6.45) is 3.37. The molecule has 0 aliphatic rings. The van der Waals surface area contributed by atoms with E-state index in [-0.39, 0.29) is 5.97 Å². The quantitative estimate of drug-likeness (QED) is 0.604. The molecule has 6 nitrogen and oxygen atoms in total. The molecular weight excluding hydrogens is 280 g/mol. The molecule has 0 unspecified atom stereocenters. The number of esters is 1. The molecule has 0 amide bonds. The normalized spacial score (nSPS) is 10.1. The standard InChI is InChI=1S/C16H20N4O2/c1-3-4-9-22-16(21)12-5-7-13(8-6-12)20-15-10-14(17-2)18-11-19-15/h5-8,10-11H,3-4,9H2,1-2H3,(H2,17,18,19,20). The van der Waals surface area contributed by atoms with E-state index in [0.717, 1.165) is 24.3 Å². The van der Waals surface area contributed by atoms with Crippen molar-refractivity contribution in [1.82, 2.24) is 9.97 Å². The summed E-state index contributed by atoms with van der Waals surface area (Å²) >= 11 is 0. The highest BCUT2D eigenvalue weighted by Gasteiger charge is 2.06. The molecule has 22 heavy (non-hydrogen) atoms. The van der Waals surface area contributed by atoms with Crippen LogP contribution in [0.15, 0.2) is 36.7 Å². The van der Waals surface area contributed by atoms with Gasteiger partial charge >= 0.3 is 5.97 Å². The van der Waals surface area contributed by atoms with Crippen LogP contribution in [0, 0.1) is 0 Å². The van der Waals surface area contributed by atoms with Crippen molar-refractivity contribution in [3.05, 3.63) is 42.2 Å². The Labute approximate surface area is 129 Å². The predicted molar refractivity (Wildman–Crippen MR) is 86.5 cm³/mol. The summed E-state index contributed by atoms with van der Waals surface area (Å²) in [7, 11) is 1.80. The van der Waals surface area contributed by atoms with Gasteiger partial charge in [-0.25, -0.2) is 14.8 Å². The Balaban J connectivity index is 1.97. The van der Waals surface area contributed by atoms with Crippen LogP contribution in [0.4, 0.5) is 17.3 Å². The average Bonchev–Trinajstić information content (AvgIpc) is 2.56. The molecule has 0 atom stereocenters. The second kappa shape index (κ2) is 7.97. The number of anilines is 3. The topological polar surface area (TPSA) is 76.1 Å². The molecule has 2 N–H and O–H groups in total. The van der Waals surface area contributed by atoms with Gasteiger partial charge in [0.1, 0.15) is 18.0 Å². The number of unbranched alkanes of at least 4 members (excludes halogenated alkanes) is 1. The van der Waals surface area contributed by atoms with Crippen LogP contribution in [0.25, 0.3) is 0 Å². The fourth-order valence-electron chi connectivity index (χ4n) is 1.79. The van der Waals surface area contributed by atoms with E-state index in [1.165, 1.54) is 6.33 Å². The summed E-state index contributed by atoms with van der Waals surface area (Å²) in [5, 5.41) is 6.10. The number of aromatic nitrogens is 2. The molecule has 0 fully saturated rings. The molecule has 0 aliphatic heterocycles. The maximum Gasteiger partial charge on any atom is 0.338 e. The molecule has 1 heterocycles. The number of rotatable bonds is 7. The van der Waals surface area contributed by atoms with Crippen LogP contribution in [-0.2, 0) is 4.74 Å². The van der Waals surface area contributed by atoms with Crippen molar-refractivity contribution in [2.75, 3.05) is 24.3 Å². The molecule has 116 valence electrons. The molecule has 1 aromatic carbocycles. The van der Waals surface area contributed by atoms with Gasteiger partial charge in [-0.3, -0.25) is 0 Å². The lowest BCUT2D eigenvalue weighted by Crippen LogP contribution is -2.06. The third kappa shape index (κ3) is 4.44. The highest BCUT2D eigenvalue weighted by Crippen LogP contribution is 2.17. The second-order valence-electron chi connectivity index (χ2n) is 4.73. The maximum absolute atomic E-state index is 11.8. The zero-order valence-electron chi connectivity index (χ0n) is 12.8. The Morgan fingerprint density at radius 1 is 1.18 bits per heavy atom. The number of nitrogens with one attached hydrogen (secondary N) is 2. The van der Waals surface area contributed by atoms with Gasteiger partial charge in [0.25, 0.3) is 0 Å². The van der Waals surface area contributed by atoms with Crippen LogP contribution in [0.2, 0.25) is 0 Å². The highest BCUT2D eigenvalue weighted by molar-refractivity contribution is 5.89. The van der Waals surface area contributed by atoms with Crippen molar-refractivity contribution in [3.63, 3.8) is 0 Å². The summed E-state index contributed by atoms with van der Waals surface area (Å²) in [6.45, 7) is 2.52. The van der Waals surface area contributed by atoms with Crippen molar-refractivity contribution in [1.29, 1.82) is 0 Å². The van der Waals surface area contributed by atoms with Crippen LogP contribution in [0.1, 0.15) is 30.1 Å². The fourth-order valence-corrected chi connectivity index (χ4v) is 1.79. The molecule has 0 radical (unpaired) electrons. The van der Waals surface area contributed by atoms with Gasteiger partial charge in [-0.2, -0.15) is 0 Å². The van der Waals surface area contributed by atoms with Crippen molar-refractivity contribution < 1.29 is 9.53 Å². The van der Waals surface area contributed by atoms with E-state index in [0.29, 0.717) is 18.0 Å². The van der Waals surface area contributed by atoms with E-state index in [4.69, 9.17) is 4.74 Å². The first-order valence-corrected chi connectivity index (χ1v) is 7.27. The Kier molecular flexibility index (Phi) is 5.71. The number of benzene rings is 1. The van der Waals surface area contributed by atoms with E-state index in [9.17, 15) is 4.79 Å². The highest BCUT2D eigenvalue weighted by atomic mass is 16.5. The minimum atomic E-state index is -0.292. The summed E-state index contributed by atoms with van der Waals surface area (Å²) in [4.78, 5) is 20.0. The Morgan fingerprint density at radius 2 is 1.91 bits per heavy atom. The molecule has 0 saturated carbocycles. The van der Waals surface area contributed by atoms with Gasteiger partial charge in [0.15, 0.2) is 0 Å². The molecule has 0 bridgehead atoms. The largest absolute Gasteiger partial charge is 0.462 e. The zero-order valence-corrected chi connectivity index (χ0v) is 12.8. The lowest BCUT2D eigenvalue weighted by molar-refractivity contribution is 0.0500. The maximum atomic E-state index is 11.8. The number of carbonyl (C=O) groups excluding carboxylic acids is 1. The summed E-state index contributed by atoms with van der Waals surface area (Å²) < 4.78 is 5.17. The van der Waals surface area contributed by atoms with Gasteiger partial charge in [0, 0.05) is 18.8 Å². The smallest absolute Gasteiger partial charge is 0.338 e. The predicted octanol–water partition coefficient (Wildman–Crippen LogP) is 3.22. The van der Waals surface area contributed by atoms with Gasteiger partial charge in [-0.05, 0) is 30.7 Å². The minimum absolute atomic E-state index is 0.292. The molecule has 2 rings (SSSR count). The monoisotopic (exact) mass is 300 g/mol. The molecule has 1 aromatic heterocycles. The minimum Gasteiger partial charge on any atom is -0.462 e. The van der Waals surface area contributed by atoms with Crippen molar-refractivity contribution in [2.24, 2.45) is 0 Å². The molecule has 2 aromatic rings. The van der Waals surface area contributed by atoms with Crippen LogP contribution in [0.3, 0.4) is 0 Å². The summed E-state index contributed by atoms with van der Waals surface area (Å²) in [6, 6.07) is 8.90. The van der Waals surface area contributed by atoms with Gasteiger partial charge < -0.3 is 15.4 Å². The first kappa shape index (κ1) is 15.8. The zero-order chi connectivity index (χ0) is 15.8. The van der Waals surface area contributed by atoms with Gasteiger partial charge in [0.2, 0.25) is 0 Å². The van der Waals surface area contributed by atoms with Crippen LogP contribution in [0.5, 0.6) is 0 Å². The molecule has 0 aliphatic carbocycles. The van der Waals surface area contributed by atoms with Crippen molar-refractivity contribution in [2.45, 2.75) is 19.8 Å². The van der Waals surface area contributed by atoms with Crippen LogP contribution in [-0.4, -0.2) is 29.6 Å². The van der Waals surface area contributed by atoms with Crippen LogP contribution >= 0.6 is 0 Å². The molecule has 0 saturated heterocycles. The third-order valence-corrected chi connectivity index (χ3v) is 3.05. The van der Waals surface area contributed by atoms with Gasteiger partial charge in [-0.15, -0.1) is 0 Å². The Bertz CT molecular complexity index is 614. The molecule has 6 heteroatoms. The van der Waals surface area contributed by atoms with Gasteiger partial charge in [0.05, 0.1) is 12.2 Å². The van der Waals surface area contributed by atoms with E-state index >= 15 is 0 Å². The van der Waals surface area contributed by atoms with Crippen molar-refractivity contribution in [3.8, 4) is 0 Å². The van der Waals surface area contributed by atoms with E-state index in [2.05, 4.69) is 27.5 Å². The number of carbonyl (C=O) groups is 1. The van der Waals surface area contributed by atoms with Crippen LogP contribution < -0.4 is 10.6 Å². The third-order valence-electron chi connectivity index (χ3n) is 3.05. The molecule has 0 spiro atoms. The lowest BCUT2D eigenvalue weighted by Gasteiger charge is -2.08. The van der Waals surface area contributed by atoms with Gasteiger partial charge in [-0.1, -0.05) is 13.3 Å².